The van der Waals surface area contributed by atoms with E-state index in [2.05, 4.69) is 13.8 Å². The molecule has 0 aliphatic heterocycles. The summed E-state index contributed by atoms with van der Waals surface area (Å²) < 4.78 is 5.46. The molecule has 0 aliphatic carbocycles. The Morgan fingerprint density at radius 2 is 2.11 bits per heavy atom. The molecule has 0 heterocycles. The van der Waals surface area contributed by atoms with Gasteiger partial charge in [0.2, 0.25) is 0 Å². The van der Waals surface area contributed by atoms with Gasteiger partial charge in [-0.15, -0.1) is 0 Å². The van der Waals surface area contributed by atoms with Crippen LogP contribution in [0, 0.1) is 0 Å². The number of carboxylic acid groups (broad SMARTS) is 1. The number of aliphatic carboxylic acids is 1. The molecule has 0 fully saturated rings. The highest BCUT2D eigenvalue weighted by Crippen LogP contribution is 2.25. The first-order valence-corrected chi connectivity index (χ1v) is 6.19. The zero-order valence-electron chi connectivity index (χ0n) is 11.1. The molecule has 0 aliphatic rings. The van der Waals surface area contributed by atoms with Gasteiger partial charge in [0.15, 0.2) is 0 Å². The summed E-state index contributed by atoms with van der Waals surface area (Å²) >= 11 is 0. The smallest absolute Gasteiger partial charge is 0.320 e. The van der Waals surface area contributed by atoms with Gasteiger partial charge in [-0.2, -0.15) is 0 Å². The van der Waals surface area contributed by atoms with Gasteiger partial charge < -0.3 is 15.6 Å². The molecular weight excluding hydrogens is 230 g/mol. The Labute approximate surface area is 108 Å². The van der Waals surface area contributed by atoms with E-state index in [0.717, 1.165) is 16.9 Å². The molecule has 1 rings (SSSR count). The minimum atomic E-state index is -0.974. The molecule has 1 unspecified atom stereocenters. The lowest BCUT2D eigenvalue weighted by Crippen LogP contribution is -2.32. The number of benzene rings is 1. The Hall–Kier alpha value is -1.55. The molecule has 0 saturated carbocycles. The van der Waals surface area contributed by atoms with E-state index in [1.807, 2.05) is 25.1 Å². The summed E-state index contributed by atoms with van der Waals surface area (Å²) in [6, 6.07) is 4.88. The highest BCUT2D eigenvalue weighted by atomic mass is 16.5. The average molecular weight is 251 g/mol. The van der Waals surface area contributed by atoms with Crippen molar-refractivity contribution in [3.8, 4) is 5.75 Å². The van der Waals surface area contributed by atoms with E-state index < -0.39 is 12.0 Å². The second-order valence-electron chi connectivity index (χ2n) is 4.60. The van der Waals surface area contributed by atoms with Gasteiger partial charge in [-0.1, -0.05) is 19.9 Å². The van der Waals surface area contributed by atoms with Crippen LogP contribution in [0.5, 0.6) is 5.75 Å². The van der Waals surface area contributed by atoms with Crippen molar-refractivity contribution in [2.24, 2.45) is 5.73 Å². The molecule has 0 bridgehead atoms. The van der Waals surface area contributed by atoms with E-state index >= 15 is 0 Å². The molecule has 4 heteroatoms. The normalized spacial score (nSPS) is 12.5. The first-order chi connectivity index (χ1) is 8.45. The summed E-state index contributed by atoms with van der Waals surface area (Å²) in [5.74, 6) is 0.147. The molecule has 18 heavy (non-hydrogen) atoms. The molecule has 0 aromatic heterocycles. The summed E-state index contributed by atoms with van der Waals surface area (Å²) in [5.41, 5.74) is 7.65. The quantitative estimate of drug-likeness (QED) is 0.812. The number of carboxylic acids is 1. The third kappa shape index (κ3) is 3.74. The summed E-state index contributed by atoms with van der Waals surface area (Å²) in [5, 5.41) is 8.86. The number of hydrogen-bond donors (Lipinski definition) is 2. The lowest BCUT2D eigenvalue weighted by molar-refractivity contribution is -0.138. The highest BCUT2D eigenvalue weighted by Gasteiger charge is 2.16. The summed E-state index contributed by atoms with van der Waals surface area (Å²) in [6.07, 6.45) is 0.343. The minimum absolute atomic E-state index is 0.307. The van der Waals surface area contributed by atoms with E-state index in [1.165, 1.54) is 0 Å². The molecule has 1 aromatic rings. The average Bonchev–Trinajstić information content (AvgIpc) is 2.30. The second-order valence-corrected chi connectivity index (χ2v) is 4.60. The third-order valence-electron chi connectivity index (χ3n) is 2.81. The number of ether oxygens (including phenoxy) is 1. The second kappa shape index (κ2) is 6.40. The summed E-state index contributed by atoms with van der Waals surface area (Å²) in [7, 11) is 0. The Balaban J connectivity index is 3.00. The van der Waals surface area contributed by atoms with Crippen LogP contribution >= 0.6 is 0 Å². The first kappa shape index (κ1) is 14.5. The number of carbonyl (C=O) groups is 1. The first-order valence-electron chi connectivity index (χ1n) is 6.19. The summed E-state index contributed by atoms with van der Waals surface area (Å²) in [6.45, 7) is 6.69. The van der Waals surface area contributed by atoms with Gasteiger partial charge >= 0.3 is 5.97 Å². The van der Waals surface area contributed by atoms with Crippen LogP contribution in [0.1, 0.15) is 37.8 Å². The Morgan fingerprint density at radius 1 is 1.44 bits per heavy atom. The highest BCUT2D eigenvalue weighted by molar-refractivity contribution is 5.73. The van der Waals surface area contributed by atoms with Crippen molar-refractivity contribution in [3.63, 3.8) is 0 Å². The van der Waals surface area contributed by atoms with Gasteiger partial charge in [0.05, 0.1) is 6.61 Å². The van der Waals surface area contributed by atoms with Crippen LogP contribution in [-0.2, 0) is 11.2 Å². The largest absolute Gasteiger partial charge is 0.494 e. The number of rotatable bonds is 6. The van der Waals surface area contributed by atoms with Crippen molar-refractivity contribution in [2.75, 3.05) is 6.61 Å². The van der Waals surface area contributed by atoms with Crippen molar-refractivity contribution in [1.82, 2.24) is 0 Å². The maximum absolute atomic E-state index is 10.8. The van der Waals surface area contributed by atoms with Gasteiger partial charge in [-0.05, 0) is 42.5 Å². The van der Waals surface area contributed by atoms with Crippen LogP contribution < -0.4 is 10.5 Å². The van der Waals surface area contributed by atoms with Crippen molar-refractivity contribution in [2.45, 2.75) is 39.2 Å². The predicted octanol–water partition coefficient (Wildman–Crippen LogP) is 2.16. The maximum atomic E-state index is 10.8. The van der Waals surface area contributed by atoms with Gasteiger partial charge in [-0.3, -0.25) is 4.79 Å². The lowest BCUT2D eigenvalue weighted by Gasteiger charge is -2.16. The van der Waals surface area contributed by atoms with E-state index in [4.69, 9.17) is 15.6 Å². The molecular formula is C14H21NO3. The van der Waals surface area contributed by atoms with Crippen molar-refractivity contribution in [3.05, 3.63) is 29.3 Å². The fourth-order valence-corrected chi connectivity index (χ4v) is 1.88. The van der Waals surface area contributed by atoms with Gasteiger partial charge in [-0.25, -0.2) is 0 Å². The molecule has 0 amide bonds. The standard InChI is InChI=1S/C14H21NO3/c1-4-18-11-6-5-10(7-13(15)14(16)17)12(8-11)9(2)3/h5-6,8-9,13H,4,7,15H2,1-3H3,(H,16,17). The topological polar surface area (TPSA) is 72.5 Å². The lowest BCUT2D eigenvalue weighted by atomic mass is 9.93. The van der Waals surface area contributed by atoms with Gasteiger partial charge in [0.1, 0.15) is 11.8 Å². The third-order valence-corrected chi connectivity index (χ3v) is 2.81. The molecule has 1 atom stereocenters. The molecule has 3 N–H and O–H groups in total. The monoisotopic (exact) mass is 251 g/mol. The van der Waals surface area contributed by atoms with Crippen LogP contribution in [0.2, 0.25) is 0 Å². The van der Waals surface area contributed by atoms with Gasteiger partial charge in [0.25, 0.3) is 0 Å². The molecule has 100 valence electrons. The van der Waals surface area contributed by atoms with Crippen molar-refractivity contribution in [1.29, 1.82) is 0 Å². The Bertz CT molecular complexity index is 416. The van der Waals surface area contributed by atoms with E-state index in [9.17, 15) is 4.79 Å². The molecule has 0 spiro atoms. The van der Waals surface area contributed by atoms with Crippen LogP contribution in [0.15, 0.2) is 18.2 Å². The van der Waals surface area contributed by atoms with E-state index in [-0.39, 0.29) is 0 Å². The maximum Gasteiger partial charge on any atom is 0.320 e. The van der Waals surface area contributed by atoms with Crippen LogP contribution in [-0.4, -0.2) is 23.7 Å². The predicted molar refractivity (Wildman–Crippen MR) is 71.0 cm³/mol. The molecule has 4 nitrogen and oxygen atoms in total. The minimum Gasteiger partial charge on any atom is -0.494 e. The van der Waals surface area contributed by atoms with E-state index in [1.54, 1.807) is 0 Å². The number of nitrogens with two attached hydrogens (primary N) is 1. The van der Waals surface area contributed by atoms with Crippen molar-refractivity contribution >= 4 is 5.97 Å². The van der Waals surface area contributed by atoms with Gasteiger partial charge in [0, 0.05) is 0 Å². The number of hydrogen-bond acceptors (Lipinski definition) is 3. The van der Waals surface area contributed by atoms with Crippen LogP contribution in [0.25, 0.3) is 0 Å². The SMILES string of the molecule is CCOc1ccc(CC(N)C(=O)O)c(C(C)C)c1. The Kier molecular flexibility index (Phi) is 5.16. The molecule has 0 radical (unpaired) electrons. The summed E-state index contributed by atoms with van der Waals surface area (Å²) in [4.78, 5) is 10.8. The van der Waals surface area contributed by atoms with Crippen LogP contribution in [0.3, 0.4) is 0 Å². The Morgan fingerprint density at radius 3 is 2.61 bits per heavy atom. The molecule has 0 saturated heterocycles. The fourth-order valence-electron chi connectivity index (χ4n) is 1.88. The van der Waals surface area contributed by atoms with Crippen LogP contribution in [0.4, 0.5) is 0 Å². The van der Waals surface area contributed by atoms with Crippen molar-refractivity contribution < 1.29 is 14.6 Å². The fraction of sp³-hybridized carbons (Fsp3) is 0.500. The zero-order chi connectivity index (χ0) is 13.7. The van der Waals surface area contributed by atoms with E-state index in [0.29, 0.717) is 18.9 Å². The zero-order valence-corrected chi connectivity index (χ0v) is 11.1. The molecule has 1 aromatic carbocycles.